The van der Waals surface area contributed by atoms with Crippen LogP contribution in [0.5, 0.6) is 0 Å². The summed E-state index contributed by atoms with van der Waals surface area (Å²) in [6, 6.07) is 11.9. The third-order valence-corrected chi connectivity index (χ3v) is 6.55. The lowest BCUT2D eigenvalue weighted by Crippen LogP contribution is -2.73. The Morgan fingerprint density at radius 2 is 1.65 bits per heavy atom. The van der Waals surface area contributed by atoms with Gasteiger partial charge in [0.15, 0.2) is 5.82 Å². The van der Waals surface area contributed by atoms with Crippen molar-refractivity contribution in [3.05, 3.63) is 66.4 Å². The Labute approximate surface area is 199 Å². The maximum Gasteiger partial charge on any atom is 0.258 e. The van der Waals surface area contributed by atoms with Gasteiger partial charge in [-0.05, 0) is 11.6 Å². The number of amides is 2. The van der Waals surface area contributed by atoms with Gasteiger partial charge in [0.25, 0.3) is 5.91 Å². The normalized spacial score (nSPS) is 16.2. The quantitative estimate of drug-likeness (QED) is 0.631. The number of carbonyl (C=O) groups is 2. The average molecular weight is 457 g/mol. The van der Waals surface area contributed by atoms with E-state index in [4.69, 9.17) is 0 Å². The monoisotopic (exact) mass is 456 g/mol. The van der Waals surface area contributed by atoms with Crippen molar-refractivity contribution in [3.8, 4) is 11.1 Å². The molecule has 3 aromatic rings. The molecule has 1 N–H and O–H groups in total. The van der Waals surface area contributed by atoms with E-state index in [-0.39, 0.29) is 23.1 Å². The van der Waals surface area contributed by atoms with Gasteiger partial charge in [0.05, 0.1) is 11.3 Å². The predicted octanol–water partition coefficient (Wildman–Crippen LogP) is 3.58. The van der Waals surface area contributed by atoms with Crippen LogP contribution in [0.3, 0.4) is 0 Å². The lowest BCUT2D eigenvalue weighted by Gasteiger charge is -2.60. The second-order valence-electron chi connectivity index (χ2n) is 9.59. The molecule has 2 aromatic heterocycles. The first-order chi connectivity index (χ1) is 16.3. The molecule has 1 spiro atoms. The fraction of sp³-hybridized carbons (Fsp3) is 0.346. The van der Waals surface area contributed by atoms with Crippen molar-refractivity contribution in [1.82, 2.24) is 19.9 Å². The Morgan fingerprint density at radius 3 is 2.26 bits per heavy atom. The molecule has 4 heterocycles. The highest BCUT2D eigenvalue weighted by Crippen LogP contribution is 2.45. The number of likely N-dealkylation sites (tertiary alicyclic amines) is 1. The lowest BCUT2D eigenvalue weighted by atomic mass is 9.72. The molecule has 8 heteroatoms. The first kappa shape index (κ1) is 22.0. The van der Waals surface area contributed by atoms with Crippen molar-refractivity contribution in [1.29, 1.82) is 0 Å². The van der Waals surface area contributed by atoms with Gasteiger partial charge in [-0.2, -0.15) is 0 Å². The van der Waals surface area contributed by atoms with E-state index >= 15 is 0 Å². The molecule has 2 aliphatic rings. The van der Waals surface area contributed by atoms with Crippen LogP contribution in [0.15, 0.2) is 55.0 Å². The van der Waals surface area contributed by atoms with Gasteiger partial charge in [-0.1, -0.05) is 44.2 Å². The largest absolute Gasteiger partial charge is 0.353 e. The zero-order valence-electron chi connectivity index (χ0n) is 19.7. The number of anilines is 2. The number of pyridine rings is 1. The van der Waals surface area contributed by atoms with E-state index in [2.05, 4.69) is 25.2 Å². The molecule has 5 rings (SSSR count). The summed E-state index contributed by atoms with van der Waals surface area (Å²) in [5, 5.41) is 3.09. The van der Waals surface area contributed by atoms with Crippen LogP contribution in [-0.2, 0) is 4.79 Å². The van der Waals surface area contributed by atoms with Crippen molar-refractivity contribution >= 4 is 23.3 Å². The molecule has 2 aliphatic heterocycles. The Hall–Kier alpha value is -3.81. The summed E-state index contributed by atoms with van der Waals surface area (Å²) in [6.45, 7) is 8.80. The molecule has 0 aliphatic carbocycles. The van der Waals surface area contributed by atoms with Gasteiger partial charge in [0, 0.05) is 68.6 Å². The van der Waals surface area contributed by atoms with Crippen LogP contribution in [0.25, 0.3) is 11.1 Å². The SMILES string of the molecule is CC(=O)N1CC2(C1)CN(c1nccc(-c3ccccc3)c1NC(=O)c1cnc(C(C)C)nc1)C2. The van der Waals surface area contributed by atoms with E-state index in [1.54, 1.807) is 25.5 Å². The highest BCUT2D eigenvalue weighted by Gasteiger charge is 2.53. The molecule has 0 unspecified atom stereocenters. The van der Waals surface area contributed by atoms with Crippen LogP contribution in [0.2, 0.25) is 0 Å². The Kier molecular flexibility index (Phi) is 5.51. The zero-order valence-corrected chi connectivity index (χ0v) is 19.7. The predicted molar refractivity (Wildman–Crippen MR) is 131 cm³/mol. The molecule has 1 aromatic carbocycles. The number of aromatic nitrogens is 3. The molecule has 34 heavy (non-hydrogen) atoms. The number of benzene rings is 1. The van der Waals surface area contributed by atoms with E-state index in [1.165, 1.54) is 0 Å². The van der Waals surface area contributed by atoms with E-state index in [0.29, 0.717) is 17.1 Å². The Bertz CT molecular complexity index is 1210. The molecule has 174 valence electrons. The summed E-state index contributed by atoms with van der Waals surface area (Å²) in [6.07, 6.45) is 4.92. The molecule has 2 saturated heterocycles. The van der Waals surface area contributed by atoms with Crippen molar-refractivity contribution in [3.63, 3.8) is 0 Å². The van der Waals surface area contributed by atoms with Crippen LogP contribution in [0.1, 0.15) is 42.9 Å². The fourth-order valence-corrected chi connectivity index (χ4v) is 4.71. The summed E-state index contributed by atoms with van der Waals surface area (Å²) in [4.78, 5) is 42.2. The van der Waals surface area contributed by atoms with Crippen LogP contribution in [0, 0.1) is 5.41 Å². The average Bonchev–Trinajstić information content (AvgIpc) is 2.78. The number of hydrogen-bond acceptors (Lipinski definition) is 6. The van der Waals surface area contributed by atoms with Gasteiger partial charge >= 0.3 is 0 Å². The van der Waals surface area contributed by atoms with Crippen LogP contribution in [-0.4, -0.2) is 57.8 Å². The lowest BCUT2D eigenvalue weighted by molar-refractivity contribution is -0.142. The summed E-state index contributed by atoms with van der Waals surface area (Å²) in [5.41, 5.74) is 3.09. The van der Waals surface area contributed by atoms with Gasteiger partial charge < -0.3 is 15.1 Å². The Morgan fingerprint density at radius 1 is 0.971 bits per heavy atom. The van der Waals surface area contributed by atoms with Crippen LogP contribution >= 0.6 is 0 Å². The standard InChI is InChI=1S/C26H28N6O2/c1-17(2)23-28-11-20(12-29-23)25(34)30-22-21(19-7-5-4-6-8-19)9-10-27-24(22)32-15-26(16-32)13-31(14-26)18(3)33/h4-12,17H,13-16H2,1-3H3,(H,30,34). The van der Waals surface area contributed by atoms with Crippen LogP contribution in [0.4, 0.5) is 11.5 Å². The molecular formula is C26H28N6O2. The van der Waals surface area contributed by atoms with Crippen molar-refractivity contribution in [2.75, 3.05) is 36.4 Å². The minimum absolute atomic E-state index is 0.118. The molecule has 0 saturated carbocycles. The Balaban J connectivity index is 1.44. The summed E-state index contributed by atoms with van der Waals surface area (Å²) < 4.78 is 0. The molecule has 0 bridgehead atoms. The van der Waals surface area contributed by atoms with Crippen molar-refractivity contribution in [2.24, 2.45) is 5.41 Å². The first-order valence-electron chi connectivity index (χ1n) is 11.5. The van der Waals surface area contributed by atoms with E-state index in [9.17, 15) is 9.59 Å². The third kappa shape index (κ3) is 4.00. The van der Waals surface area contributed by atoms with E-state index in [1.807, 2.05) is 55.1 Å². The maximum absolute atomic E-state index is 13.2. The second kappa shape index (κ2) is 8.52. The topological polar surface area (TPSA) is 91.3 Å². The van der Waals surface area contributed by atoms with E-state index in [0.717, 1.165) is 43.1 Å². The van der Waals surface area contributed by atoms with Crippen LogP contribution < -0.4 is 10.2 Å². The molecule has 0 atom stereocenters. The molecular weight excluding hydrogens is 428 g/mol. The van der Waals surface area contributed by atoms with Gasteiger partial charge in [-0.15, -0.1) is 0 Å². The summed E-state index contributed by atoms with van der Waals surface area (Å²) >= 11 is 0. The van der Waals surface area contributed by atoms with E-state index < -0.39 is 0 Å². The number of nitrogens with one attached hydrogen (secondary N) is 1. The first-order valence-corrected chi connectivity index (χ1v) is 11.5. The van der Waals surface area contributed by atoms with Crippen molar-refractivity contribution < 1.29 is 9.59 Å². The smallest absolute Gasteiger partial charge is 0.258 e. The number of carbonyl (C=O) groups excluding carboxylic acids is 2. The van der Waals surface area contributed by atoms with Gasteiger partial charge in [-0.25, -0.2) is 15.0 Å². The molecule has 0 radical (unpaired) electrons. The number of hydrogen-bond donors (Lipinski definition) is 1. The number of rotatable bonds is 5. The van der Waals surface area contributed by atoms with Crippen molar-refractivity contribution in [2.45, 2.75) is 26.7 Å². The fourth-order valence-electron chi connectivity index (χ4n) is 4.71. The second-order valence-corrected chi connectivity index (χ2v) is 9.59. The third-order valence-electron chi connectivity index (χ3n) is 6.55. The number of nitrogens with zero attached hydrogens (tertiary/aromatic N) is 5. The van der Waals surface area contributed by atoms with Gasteiger partial charge in [0.2, 0.25) is 5.91 Å². The van der Waals surface area contributed by atoms with Gasteiger partial charge in [-0.3, -0.25) is 9.59 Å². The van der Waals surface area contributed by atoms with Gasteiger partial charge in [0.1, 0.15) is 5.82 Å². The molecule has 2 amide bonds. The maximum atomic E-state index is 13.2. The molecule has 2 fully saturated rings. The summed E-state index contributed by atoms with van der Waals surface area (Å²) in [5.74, 6) is 1.47. The highest BCUT2D eigenvalue weighted by atomic mass is 16.2. The zero-order chi connectivity index (χ0) is 23.9. The minimum Gasteiger partial charge on any atom is -0.353 e. The molecule has 8 nitrogen and oxygen atoms in total. The highest BCUT2D eigenvalue weighted by molar-refractivity contribution is 6.08. The summed E-state index contributed by atoms with van der Waals surface area (Å²) in [7, 11) is 0. The minimum atomic E-state index is -0.275.